The van der Waals surface area contributed by atoms with Crippen LogP contribution in [0.25, 0.3) is 0 Å². The first kappa shape index (κ1) is 11.5. The number of rotatable bonds is 2. The predicted molar refractivity (Wildman–Crippen MR) is 42.1 cm³/mol. The van der Waals surface area contributed by atoms with Gasteiger partial charge < -0.3 is 9.84 Å². The van der Waals surface area contributed by atoms with Crippen LogP contribution >= 0.6 is 0 Å². The fourth-order valence-corrected chi connectivity index (χ4v) is 0.971. The minimum absolute atomic E-state index is 0.0391. The van der Waals surface area contributed by atoms with E-state index in [1.807, 2.05) is 0 Å². The van der Waals surface area contributed by atoms with Gasteiger partial charge in [0.25, 0.3) is 0 Å². The van der Waals surface area contributed by atoms with Crippen molar-refractivity contribution in [2.45, 2.75) is 20.0 Å². The Kier molecular flexibility index (Phi) is 3.01. The Balaban J connectivity index is 3.14. The zero-order valence-electron chi connectivity index (χ0n) is 7.60. The maximum absolute atomic E-state index is 12.4. The Labute approximate surface area is 82.3 Å². The largest absolute Gasteiger partial charge is 0.573 e. The predicted octanol–water partition coefficient (Wildman–Crippen LogP) is 2.46. The SMILES string of the molecule is Cc1ncc(OC(F)(F)F)c(CF)c1O. The van der Waals surface area contributed by atoms with Gasteiger partial charge in [0.2, 0.25) is 0 Å². The number of aromatic nitrogens is 1. The van der Waals surface area contributed by atoms with Gasteiger partial charge in [-0.15, -0.1) is 13.2 Å². The van der Waals surface area contributed by atoms with Crippen LogP contribution in [0.2, 0.25) is 0 Å². The lowest BCUT2D eigenvalue weighted by Gasteiger charge is -2.12. The van der Waals surface area contributed by atoms with Crippen molar-refractivity contribution in [3.63, 3.8) is 0 Å². The zero-order valence-corrected chi connectivity index (χ0v) is 7.60. The van der Waals surface area contributed by atoms with E-state index >= 15 is 0 Å². The van der Waals surface area contributed by atoms with Crippen molar-refractivity contribution in [1.82, 2.24) is 4.98 Å². The number of hydrogen-bond donors (Lipinski definition) is 1. The Bertz CT molecular complexity index is 364. The summed E-state index contributed by atoms with van der Waals surface area (Å²) in [5, 5.41) is 9.23. The first-order valence-electron chi connectivity index (χ1n) is 3.84. The van der Waals surface area contributed by atoms with Gasteiger partial charge in [0.15, 0.2) is 5.75 Å². The van der Waals surface area contributed by atoms with Gasteiger partial charge >= 0.3 is 6.36 Å². The molecule has 0 saturated carbocycles. The topological polar surface area (TPSA) is 42.4 Å². The van der Waals surface area contributed by atoms with Crippen LogP contribution < -0.4 is 4.74 Å². The maximum atomic E-state index is 12.4. The minimum Gasteiger partial charge on any atom is -0.506 e. The highest BCUT2D eigenvalue weighted by Gasteiger charge is 2.33. The fraction of sp³-hybridized carbons (Fsp3) is 0.375. The van der Waals surface area contributed by atoms with Crippen molar-refractivity contribution in [1.29, 1.82) is 0 Å². The maximum Gasteiger partial charge on any atom is 0.573 e. The summed E-state index contributed by atoms with van der Waals surface area (Å²) in [6.45, 7) is 0.0759. The summed E-state index contributed by atoms with van der Waals surface area (Å²) >= 11 is 0. The van der Waals surface area contributed by atoms with E-state index in [2.05, 4.69) is 9.72 Å². The molecule has 0 aliphatic heterocycles. The second kappa shape index (κ2) is 3.92. The van der Waals surface area contributed by atoms with Crippen molar-refractivity contribution in [3.8, 4) is 11.5 Å². The third-order valence-electron chi connectivity index (χ3n) is 1.66. The molecule has 0 fully saturated rings. The zero-order chi connectivity index (χ0) is 11.6. The highest BCUT2D eigenvalue weighted by molar-refractivity contribution is 5.44. The molecule has 0 radical (unpaired) electrons. The molecular weight excluding hydrogens is 218 g/mol. The Morgan fingerprint density at radius 3 is 2.53 bits per heavy atom. The van der Waals surface area contributed by atoms with Gasteiger partial charge in [-0.25, -0.2) is 4.39 Å². The highest BCUT2D eigenvalue weighted by atomic mass is 19.4. The standard InChI is InChI=1S/C8H7F4NO2/c1-4-7(14)5(2-9)6(3-13-4)15-8(10,11)12/h3,14H,2H2,1H3. The number of halogens is 4. The Morgan fingerprint density at radius 1 is 1.47 bits per heavy atom. The quantitative estimate of drug-likeness (QED) is 0.786. The number of pyridine rings is 1. The van der Waals surface area contributed by atoms with E-state index in [4.69, 9.17) is 0 Å². The van der Waals surface area contributed by atoms with E-state index in [-0.39, 0.29) is 5.69 Å². The van der Waals surface area contributed by atoms with E-state index in [1.165, 1.54) is 6.92 Å². The molecule has 0 amide bonds. The van der Waals surface area contributed by atoms with E-state index < -0.39 is 30.1 Å². The highest BCUT2D eigenvalue weighted by Crippen LogP contribution is 2.33. The van der Waals surface area contributed by atoms with Crippen LogP contribution in [0.1, 0.15) is 11.3 Å². The fourth-order valence-electron chi connectivity index (χ4n) is 0.971. The third kappa shape index (κ3) is 2.71. The average Bonchev–Trinajstić information content (AvgIpc) is 2.10. The molecule has 3 nitrogen and oxygen atoms in total. The van der Waals surface area contributed by atoms with E-state index in [0.717, 1.165) is 6.20 Å². The lowest BCUT2D eigenvalue weighted by molar-refractivity contribution is -0.275. The van der Waals surface area contributed by atoms with Crippen LogP contribution in [-0.4, -0.2) is 16.5 Å². The monoisotopic (exact) mass is 225 g/mol. The molecule has 0 saturated heterocycles. The van der Waals surface area contributed by atoms with Crippen molar-refractivity contribution >= 4 is 0 Å². The minimum atomic E-state index is -4.94. The summed E-state index contributed by atoms with van der Waals surface area (Å²) in [4.78, 5) is 3.43. The van der Waals surface area contributed by atoms with Gasteiger partial charge in [0.05, 0.1) is 17.5 Å². The van der Waals surface area contributed by atoms with Gasteiger partial charge in [-0.1, -0.05) is 0 Å². The molecule has 0 aliphatic carbocycles. The summed E-state index contributed by atoms with van der Waals surface area (Å²) in [5.41, 5.74) is -0.517. The molecule has 1 aromatic rings. The van der Waals surface area contributed by atoms with Crippen LogP contribution in [0.4, 0.5) is 17.6 Å². The smallest absolute Gasteiger partial charge is 0.506 e. The number of alkyl halides is 4. The molecule has 0 atom stereocenters. The van der Waals surface area contributed by atoms with E-state index in [0.29, 0.717) is 0 Å². The molecule has 7 heteroatoms. The molecule has 0 aliphatic rings. The number of hydrogen-bond acceptors (Lipinski definition) is 3. The molecule has 0 unspecified atom stereocenters. The molecule has 0 aromatic carbocycles. The van der Waals surface area contributed by atoms with Gasteiger partial charge in [0, 0.05) is 0 Å². The van der Waals surface area contributed by atoms with Crippen LogP contribution in [0.3, 0.4) is 0 Å². The van der Waals surface area contributed by atoms with E-state index in [9.17, 15) is 22.7 Å². The van der Waals surface area contributed by atoms with Gasteiger partial charge in [0.1, 0.15) is 12.4 Å². The van der Waals surface area contributed by atoms with Gasteiger partial charge in [-0.3, -0.25) is 4.98 Å². The second-order valence-corrected chi connectivity index (χ2v) is 2.72. The summed E-state index contributed by atoms with van der Waals surface area (Å²) in [6, 6.07) is 0. The first-order valence-corrected chi connectivity index (χ1v) is 3.84. The van der Waals surface area contributed by atoms with Crippen molar-refractivity contribution in [3.05, 3.63) is 17.5 Å². The summed E-state index contributed by atoms with van der Waals surface area (Å²) in [6.07, 6.45) is -4.22. The number of nitrogens with zero attached hydrogens (tertiary/aromatic N) is 1. The Hall–Kier alpha value is -1.53. The normalized spacial score (nSPS) is 11.5. The first-order chi connectivity index (χ1) is 6.85. The summed E-state index contributed by atoms with van der Waals surface area (Å²) < 4.78 is 51.4. The summed E-state index contributed by atoms with van der Waals surface area (Å²) in [7, 11) is 0. The van der Waals surface area contributed by atoms with Crippen molar-refractivity contribution < 1.29 is 27.4 Å². The molecule has 84 valence electrons. The molecule has 1 heterocycles. The molecule has 1 N–H and O–H groups in total. The number of ether oxygens (including phenoxy) is 1. The van der Waals surface area contributed by atoms with Crippen LogP contribution in [-0.2, 0) is 6.67 Å². The third-order valence-corrected chi connectivity index (χ3v) is 1.66. The molecule has 0 spiro atoms. The summed E-state index contributed by atoms with van der Waals surface area (Å²) in [5.74, 6) is -1.45. The van der Waals surface area contributed by atoms with Crippen LogP contribution in [0, 0.1) is 6.92 Å². The molecule has 1 aromatic heterocycles. The van der Waals surface area contributed by atoms with Crippen LogP contribution in [0.5, 0.6) is 11.5 Å². The lowest BCUT2D eigenvalue weighted by Crippen LogP contribution is -2.18. The van der Waals surface area contributed by atoms with Crippen molar-refractivity contribution in [2.75, 3.05) is 0 Å². The average molecular weight is 225 g/mol. The second-order valence-electron chi connectivity index (χ2n) is 2.72. The Morgan fingerprint density at radius 2 is 2.07 bits per heavy atom. The number of aromatic hydroxyl groups is 1. The lowest BCUT2D eigenvalue weighted by atomic mass is 10.2. The molecule has 1 rings (SSSR count). The van der Waals surface area contributed by atoms with Crippen molar-refractivity contribution in [2.24, 2.45) is 0 Å². The van der Waals surface area contributed by atoms with Gasteiger partial charge in [-0.2, -0.15) is 0 Å². The van der Waals surface area contributed by atoms with Gasteiger partial charge in [-0.05, 0) is 6.92 Å². The number of aryl methyl sites for hydroxylation is 1. The molecule has 0 bridgehead atoms. The van der Waals surface area contributed by atoms with E-state index in [1.54, 1.807) is 0 Å². The molecule has 15 heavy (non-hydrogen) atoms. The molecular formula is C8H7F4NO2. The van der Waals surface area contributed by atoms with Crippen LogP contribution in [0.15, 0.2) is 6.20 Å².